The summed E-state index contributed by atoms with van der Waals surface area (Å²) in [5, 5.41) is 2.51. The Morgan fingerprint density at radius 3 is 2.69 bits per heavy atom. The molecule has 1 heteroatoms. The highest BCUT2D eigenvalue weighted by molar-refractivity contribution is 5.86. The largest absolute Gasteiger partial charge is 0.298 e. The Kier molecular flexibility index (Phi) is 3.16. The molecule has 0 radical (unpaired) electrons. The van der Waals surface area contributed by atoms with Crippen LogP contribution in [0.2, 0.25) is 0 Å². The molecule has 0 amide bonds. The number of aldehydes is 1. The molecule has 80 valence electrons. The summed E-state index contributed by atoms with van der Waals surface area (Å²) in [6.07, 6.45) is 3.67. The molecule has 1 nitrogen and oxygen atoms in total. The van der Waals surface area contributed by atoms with Gasteiger partial charge in [0.1, 0.15) is 6.29 Å². The van der Waals surface area contributed by atoms with Gasteiger partial charge in [-0.05, 0) is 35.3 Å². The summed E-state index contributed by atoms with van der Waals surface area (Å²) >= 11 is 0. The number of fused-ring (bicyclic) bond motifs is 1. The van der Waals surface area contributed by atoms with E-state index in [4.69, 9.17) is 0 Å². The van der Waals surface area contributed by atoms with Crippen LogP contribution in [-0.4, -0.2) is 6.29 Å². The van der Waals surface area contributed by atoms with Crippen molar-refractivity contribution in [1.82, 2.24) is 0 Å². The normalized spacial score (nSPS) is 11.7. The van der Waals surface area contributed by atoms with E-state index in [1.54, 1.807) is 0 Å². The highest BCUT2D eigenvalue weighted by atomic mass is 16.1. The molecule has 0 spiro atoms. The first-order valence-corrected chi connectivity index (χ1v) is 5.40. The van der Waals surface area contributed by atoms with E-state index in [0.29, 0.717) is 0 Å². The second kappa shape index (κ2) is 4.75. The average molecular weight is 210 g/mol. The highest BCUT2D eigenvalue weighted by Gasteiger charge is 1.98. The number of rotatable bonds is 3. The van der Waals surface area contributed by atoms with Crippen LogP contribution < -0.4 is 0 Å². The maximum atomic E-state index is 10.5. The Hall–Kier alpha value is -1.89. The Morgan fingerprint density at radius 1 is 1.12 bits per heavy atom. The minimum Gasteiger partial charge on any atom is -0.298 e. The third-order valence-electron chi connectivity index (χ3n) is 2.71. The monoisotopic (exact) mass is 210 g/mol. The lowest BCUT2D eigenvalue weighted by atomic mass is 10.0. The smallest absolute Gasteiger partial charge is 0.145 e. The minimum atomic E-state index is 0.785. The van der Waals surface area contributed by atoms with E-state index < -0.39 is 0 Å². The number of hydrogen-bond acceptors (Lipinski definition) is 1. The maximum absolute atomic E-state index is 10.5. The quantitative estimate of drug-likeness (QED) is 0.559. The van der Waals surface area contributed by atoms with Gasteiger partial charge in [-0.15, -0.1) is 0 Å². The molecule has 0 aliphatic heterocycles. The van der Waals surface area contributed by atoms with E-state index in [0.717, 1.165) is 18.3 Å². The summed E-state index contributed by atoms with van der Waals surface area (Å²) in [5.74, 6) is 0. The van der Waals surface area contributed by atoms with Crippen molar-refractivity contribution in [3.8, 4) is 0 Å². The van der Waals surface area contributed by atoms with Crippen molar-refractivity contribution in [1.29, 1.82) is 0 Å². The van der Waals surface area contributed by atoms with Crippen molar-refractivity contribution in [2.24, 2.45) is 0 Å². The Morgan fingerprint density at radius 2 is 1.88 bits per heavy atom. The molecule has 0 aromatic heterocycles. The van der Waals surface area contributed by atoms with Crippen LogP contribution in [0.3, 0.4) is 0 Å². The molecule has 0 saturated heterocycles. The predicted molar refractivity (Wildman–Crippen MR) is 67.5 cm³/mol. The molecule has 0 unspecified atom stereocenters. The molecule has 16 heavy (non-hydrogen) atoms. The number of hydrogen-bond donors (Lipinski definition) is 0. The van der Waals surface area contributed by atoms with Gasteiger partial charge in [0.05, 0.1) is 0 Å². The molecule has 0 heterocycles. The Labute approximate surface area is 95.4 Å². The lowest BCUT2D eigenvalue weighted by Gasteiger charge is -2.03. The van der Waals surface area contributed by atoms with Crippen LogP contribution in [0.5, 0.6) is 0 Å². The van der Waals surface area contributed by atoms with Gasteiger partial charge in [-0.2, -0.15) is 0 Å². The van der Waals surface area contributed by atoms with Crippen molar-refractivity contribution in [2.75, 3.05) is 0 Å². The van der Waals surface area contributed by atoms with Gasteiger partial charge >= 0.3 is 0 Å². The van der Waals surface area contributed by atoms with E-state index in [-0.39, 0.29) is 0 Å². The van der Waals surface area contributed by atoms with Gasteiger partial charge in [0, 0.05) is 0 Å². The van der Waals surface area contributed by atoms with Crippen LogP contribution in [0.25, 0.3) is 10.8 Å². The number of allylic oxidation sites excluding steroid dienone is 2. The van der Waals surface area contributed by atoms with Gasteiger partial charge in [0.25, 0.3) is 0 Å². The van der Waals surface area contributed by atoms with E-state index in [9.17, 15) is 4.79 Å². The highest BCUT2D eigenvalue weighted by Crippen LogP contribution is 2.19. The fraction of sp³-hybridized carbons (Fsp3) is 0.133. The van der Waals surface area contributed by atoms with E-state index >= 15 is 0 Å². The SMILES string of the molecule is C/C(C=O)=C\Cc1cccc2ccccc12. The van der Waals surface area contributed by atoms with Crippen molar-refractivity contribution < 1.29 is 4.79 Å². The number of carbonyl (C=O) groups excluding carboxylic acids is 1. The summed E-state index contributed by atoms with van der Waals surface area (Å²) in [4.78, 5) is 10.5. The van der Waals surface area contributed by atoms with Crippen LogP contribution in [0.15, 0.2) is 54.1 Å². The van der Waals surface area contributed by atoms with Crippen LogP contribution in [0.4, 0.5) is 0 Å². The summed E-state index contributed by atoms with van der Waals surface area (Å²) in [7, 11) is 0. The second-order valence-electron chi connectivity index (χ2n) is 3.91. The molecule has 0 aliphatic carbocycles. The first-order chi connectivity index (χ1) is 7.81. The predicted octanol–water partition coefficient (Wildman–Crippen LogP) is 3.53. The zero-order valence-electron chi connectivity index (χ0n) is 9.31. The summed E-state index contributed by atoms with van der Waals surface area (Å²) in [5.41, 5.74) is 2.05. The fourth-order valence-electron chi connectivity index (χ4n) is 1.79. The first kappa shape index (κ1) is 10.6. The van der Waals surface area contributed by atoms with Crippen LogP contribution in [0.1, 0.15) is 12.5 Å². The van der Waals surface area contributed by atoms with Gasteiger partial charge in [-0.25, -0.2) is 0 Å². The lowest BCUT2D eigenvalue weighted by Crippen LogP contribution is -1.86. The average Bonchev–Trinajstić information content (AvgIpc) is 2.35. The summed E-state index contributed by atoms with van der Waals surface area (Å²) in [6.45, 7) is 1.83. The van der Waals surface area contributed by atoms with Gasteiger partial charge in [-0.3, -0.25) is 4.79 Å². The van der Waals surface area contributed by atoms with Gasteiger partial charge in [0.15, 0.2) is 0 Å². The zero-order valence-corrected chi connectivity index (χ0v) is 9.31. The third kappa shape index (κ3) is 2.19. The first-order valence-electron chi connectivity index (χ1n) is 5.40. The fourth-order valence-corrected chi connectivity index (χ4v) is 1.79. The standard InChI is InChI=1S/C15H14O/c1-12(11-16)9-10-14-7-4-6-13-5-2-3-8-15(13)14/h2-9,11H,10H2,1H3/b12-9+. The minimum absolute atomic E-state index is 0.785. The summed E-state index contributed by atoms with van der Waals surface area (Å²) < 4.78 is 0. The molecule has 0 N–H and O–H groups in total. The number of carbonyl (C=O) groups is 1. The molecular formula is C15H14O. The van der Waals surface area contributed by atoms with Crippen molar-refractivity contribution in [3.05, 3.63) is 59.7 Å². The molecule has 2 aromatic carbocycles. The molecule has 0 saturated carbocycles. The van der Waals surface area contributed by atoms with Gasteiger partial charge in [0.2, 0.25) is 0 Å². The maximum Gasteiger partial charge on any atom is 0.145 e. The van der Waals surface area contributed by atoms with Gasteiger partial charge in [-0.1, -0.05) is 48.5 Å². The molecular weight excluding hydrogens is 196 g/mol. The van der Waals surface area contributed by atoms with Gasteiger partial charge < -0.3 is 0 Å². The van der Waals surface area contributed by atoms with E-state index in [1.165, 1.54) is 16.3 Å². The summed E-state index contributed by atoms with van der Waals surface area (Å²) in [6, 6.07) is 14.6. The third-order valence-corrected chi connectivity index (χ3v) is 2.71. The lowest BCUT2D eigenvalue weighted by molar-refractivity contribution is -0.104. The molecule has 0 aliphatic rings. The molecule has 2 aromatic rings. The zero-order chi connectivity index (χ0) is 11.4. The molecule has 0 atom stereocenters. The van der Waals surface area contributed by atoms with Crippen molar-refractivity contribution >= 4 is 17.1 Å². The topological polar surface area (TPSA) is 17.1 Å². The molecule has 2 rings (SSSR count). The molecule has 0 fully saturated rings. The Bertz CT molecular complexity index is 533. The molecule has 0 bridgehead atoms. The Balaban J connectivity index is 2.41. The number of benzene rings is 2. The van der Waals surface area contributed by atoms with Crippen LogP contribution >= 0.6 is 0 Å². The van der Waals surface area contributed by atoms with E-state index in [1.807, 2.05) is 25.1 Å². The van der Waals surface area contributed by atoms with Crippen LogP contribution in [-0.2, 0) is 11.2 Å². The van der Waals surface area contributed by atoms with Crippen molar-refractivity contribution in [2.45, 2.75) is 13.3 Å². The van der Waals surface area contributed by atoms with Crippen molar-refractivity contribution in [3.63, 3.8) is 0 Å². The van der Waals surface area contributed by atoms with E-state index in [2.05, 4.69) is 30.3 Å². The van der Waals surface area contributed by atoms with Crippen LogP contribution in [0, 0.1) is 0 Å². The second-order valence-corrected chi connectivity index (χ2v) is 3.91.